The van der Waals surface area contributed by atoms with Crippen molar-refractivity contribution in [1.29, 1.82) is 0 Å². The molecule has 2 rings (SSSR count). The van der Waals surface area contributed by atoms with E-state index >= 15 is 0 Å². The molecule has 7 heteroatoms. The Kier molecular flexibility index (Phi) is 8.92. The van der Waals surface area contributed by atoms with Crippen molar-refractivity contribution in [3.05, 3.63) is 66.5 Å². The molecule has 0 aliphatic rings. The van der Waals surface area contributed by atoms with Crippen molar-refractivity contribution in [3.8, 4) is 0 Å². The van der Waals surface area contributed by atoms with E-state index in [-0.39, 0.29) is 12.5 Å². The lowest BCUT2D eigenvalue weighted by atomic mass is 10.0. The van der Waals surface area contributed by atoms with E-state index in [1.165, 1.54) is 5.56 Å². The van der Waals surface area contributed by atoms with Gasteiger partial charge in [-0.15, -0.1) is 0 Å². The number of benzene rings is 2. The lowest BCUT2D eigenvalue weighted by Gasteiger charge is -2.09. The second kappa shape index (κ2) is 10.9. The van der Waals surface area contributed by atoms with E-state index in [1.54, 1.807) is 6.21 Å². The summed E-state index contributed by atoms with van der Waals surface area (Å²) in [7, 11) is 0. The number of hydrogen-bond acceptors (Lipinski definition) is 3. The molecule has 0 saturated carbocycles. The molecular formula is C21H22Br3N3O. The number of allylic oxidation sites excluding steroid dienone is 1. The van der Waals surface area contributed by atoms with Gasteiger partial charge in [0.25, 0.3) is 5.91 Å². The zero-order valence-corrected chi connectivity index (χ0v) is 20.7. The van der Waals surface area contributed by atoms with Crippen LogP contribution in [-0.2, 0) is 4.79 Å². The van der Waals surface area contributed by atoms with Crippen LogP contribution in [0.15, 0.2) is 60.5 Å². The maximum atomic E-state index is 12.0. The highest BCUT2D eigenvalue weighted by molar-refractivity contribution is 9.13. The number of hydrogen-bond donors (Lipinski definition) is 2. The van der Waals surface area contributed by atoms with Crippen molar-refractivity contribution in [1.82, 2.24) is 5.43 Å². The van der Waals surface area contributed by atoms with Crippen LogP contribution in [0.5, 0.6) is 0 Å². The van der Waals surface area contributed by atoms with Gasteiger partial charge in [0.2, 0.25) is 0 Å². The van der Waals surface area contributed by atoms with E-state index in [0.717, 1.165) is 30.2 Å². The van der Waals surface area contributed by atoms with E-state index in [0.29, 0.717) is 5.92 Å². The number of rotatable bonds is 7. The Morgan fingerprint density at radius 3 is 2.36 bits per heavy atom. The Morgan fingerprint density at radius 2 is 1.71 bits per heavy atom. The van der Waals surface area contributed by atoms with Gasteiger partial charge in [-0.1, -0.05) is 44.2 Å². The number of amides is 1. The van der Waals surface area contributed by atoms with Gasteiger partial charge < -0.3 is 5.32 Å². The minimum absolute atomic E-state index is 0.115. The maximum Gasteiger partial charge on any atom is 0.259 e. The Labute approximate surface area is 191 Å². The van der Waals surface area contributed by atoms with Crippen LogP contribution < -0.4 is 10.7 Å². The average molecular weight is 572 g/mol. The summed E-state index contributed by atoms with van der Waals surface area (Å²) < 4.78 is 2.69. The Balaban J connectivity index is 1.86. The molecule has 0 aromatic heterocycles. The molecule has 0 saturated heterocycles. The monoisotopic (exact) mass is 569 g/mol. The number of hydrazone groups is 1. The number of carbonyl (C=O) groups excluding carboxylic acids is 1. The molecule has 148 valence electrons. The summed E-state index contributed by atoms with van der Waals surface area (Å²) in [4.78, 5) is 12.0. The Bertz CT molecular complexity index is 891. The van der Waals surface area contributed by atoms with Crippen LogP contribution >= 0.6 is 47.8 Å². The first-order valence-electron chi connectivity index (χ1n) is 8.75. The number of anilines is 1. The van der Waals surface area contributed by atoms with E-state index in [9.17, 15) is 4.79 Å². The molecular weight excluding hydrogens is 550 g/mol. The summed E-state index contributed by atoms with van der Waals surface area (Å²) >= 11 is 10.3. The van der Waals surface area contributed by atoms with E-state index in [2.05, 4.69) is 102 Å². The zero-order chi connectivity index (χ0) is 20.7. The molecule has 0 radical (unpaired) electrons. The van der Waals surface area contributed by atoms with Crippen molar-refractivity contribution in [2.75, 3.05) is 11.9 Å². The lowest BCUT2D eigenvalue weighted by molar-refractivity contribution is -0.119. The van der Waals surface area contributed by atoms with E-state index in [4.69, 9.17) is 0 Å². The fraction of sp³-hybridized carbons (Fsp3) is 0.238. The van der Waals surface area contributed by atoms with Crippen molar-refractivity contribution in [2.24, 2.45) is 5.10 Å². The molecule has 2 N–H and O–H groups in total. The molecule has 0 aliphatic carbocycles. The summed E-state index contributed by atoms with van der Waals surface area (Å²) in [5.74, 6) is 0.292. The third kappa shape index (κ3) is 7.18. The summed E-state index contributed by atoms with van der Waals surface area (Å²) in [6, 6.07) is 12.2. The first-order chi connectivity index (χ1) is 13.3. The van der Waals surface area contributed by atoms with Gasteiger partial charge in [0.05, 0.1) is 18.4 Å². The molecule has 28 heavy (non-hydrogen) atoms. The van der Waals surface area contributed by atoms with Gasteiger partial charge in [0, 0.05) is 13.4 Å². The van der Waals surface area contributed by atoms with Crippen LogP contribution in [0.4, 0.5) is 5.69 Å². The minimum Gasteiger partial charge on any atom is -0.375 e. The molecule has 0 atom stereocenters. The Hall–Kier alpha value is -1.44. The Morgan fingerprint density at radius 1 is 1.07 bits per heavy atom. The van der Waals surface area contributed by atoms with Crippen LogP contribution in [0, 0.1) is 0 Å². The molecule has 0 fully saturated rings. The van der Waals surface area contributed by atoms with Crippen molar-refractivity contribution in [2.45, 2.75) is 26.7 Å². The minimum atomic E-state index is -0.226. The molecule has 0 heterocycles. The summed E-state index contributed by atoms with van der Waals surface area (Å²) in [5, 5.41) is 7.09. The summed E-state index contributed by atoms with van der Waals surface area (Å²) in [6.07, 6.45) is 3.66. The number of nitrogens with zero attached hydrogens (tertiary/aromatic N) is 1. The third-order valence-electron chi connectivity index (χ3n) is 3.90. The van der Waals surface area contributed by atoms with Crippen LogP contribution in [0.25, 0.3) is 6.08 Å². The molecule has 4 nitrogen and oxygen atoms in total. The van der Waals surface area contributed by atoms with Gasteiger partial charge in [-0.2, -0.15) is 5.10 Å². The molecule has 0 unspecified atom stereocenters. The van der Waals surface area contributed by atoms with Gasteiger partial charge in [-0.05, 0) is 89.5 Å². The van der Waals surface area contributed by atoms with Crippen LogP contribution in [0.2, 0.25) is 0 Å². The number of halogens is 3. The van der Waals surface area contributed by atoms with E-state index in [1.807, 2.05) is 25.1 Å². The normalized spacial score (nSPS) is 11.9. The second-order valence-electron chi connectivity index (χ2n) is 6.60. The highest BCUT2D eigenvalue weighted by Gasteiger charge is 2.06. The second-order valence-corrected chi connectivity index (χ2v) is 9.17. The highest BCUT2D eigenvalue weighted by atomic mass is 79.9. The van der Waals surface area contributed by atoms with E-state index < -0.39 is 0 Å². The van der Waals surface area contributed by atoms with Crippen LogP contribution in [0.3, 0.4) is 0 Å². The van der Waals surface area contributed by atoms with Gasteiger partial charge >= 0.3 is 0 Å². The fourth-order valence-corrected chi connectivity index (χ4v) is 3.83. The van der Waals surface area contributed by atoms with Gasteiger partial charge in [-0.25, -0.2) is 5.43 Å². The predicted molar refractivity (Wildman–Crippen MR) is 129 cm³/mol. The third-order valence-corrected chi connectivity index (χ3v) is 6.40. The standard InChI is InChI=1S/C21H22Br3N3O/c1-13(2)16-6-4-15(5-7-16)8-14(3)11-26-27-21(28)12-25-20-10-18(23)17(22)9-19(20)24/h4-11,13,25H,12H2,1-3H3,(H,27,28)/b14-8+,26-11+. The van der Waals surface area contributed by atoms with Crippen molar-refractivity contribution in [3.63, 3.8) is 0 Å². The van der Waals surface area contributed by atoms with Gasteiger partial charge in [-0.3, -0.25) is 4.79 Å². The quantitative estimate of drug-likeness (QED) is 0.220. The largest absolute Gasteiger partial charge is 0.375 e. The maximum absolute atomic E-state index is 12.0. The topological polar surface area (TPSA) is 53.5 Å². The molecule has 2 aromatic carbocycles. The first-order valence-corrected chi connectivity index (χ1v) is 11.1. The average Bonchev–Trinajstić information content (AvgIpc) is 2.64. The van der Waals surface area contributed by atoms with Crippen LogP contribution in [0.1, 0.15) is 37.8 Å². The van der Waals surface area contributed by atoms with Gasteiger partial charge in [0.1, 0.15) is 0 Å². The first kappa shape index (κ1) is 22.8. The molecule has 1 amide bonds. The van der Waals surface area contributed by atoms with Gasteiger partial charge in [0.15, 0.2) is 0 Å². The number of nitrogens with one attached hydrogen (secondary N) is 2. The summed E-state index contributed by atoms with van der Waals surface area (Å²) in [6.45, 7) is 6.41. The smallest absolute Gasteiger partial charge is 0.259 e. The molecule has 0 spiro atoms. The van der Waals surface area contributed by atoms with Crippen LogP contribution in [-0.4, -0.2) is 18.7 Å². The molecule has 0 bridgehead atoms. The molecule has 2 aromatic rings. The van der Waals surface area contributed by atoms with Crippen molar-refractivity contribution >= 4 is 71.7 Å². The fourth-order valence-electron chi connectivity index (χ4n) is 2.36. The highest BCUT2D eigenvalue weighted by Crippen LogP contribution is 2.32. The predicted octanol–water partition coefficient (Wildman–Crippen LogP) is 6.71. The molecule has 0 aliphatic heterocycles. The van der Waals surface area contributed by atoms with Crippen molar-refractivity contribution < 1.29 is 4.79 Å². The zero-order valence-electron chi connectivity index (χ0n) is 15.9. The lowest BCUT2D eigenvalue weighted by Crippen LogP contribution is -2.26. The SMILES string of the molecule is CC(/C=N/NC(=O)CNc1cc(Br)c(Br)cc1Br)=C\c1ccc(C(C)C)cc1. The number of carbonyl (C=O) groups is 1. The summed E-state index contributed by atoms with van der Waals surface area (Å²) in [5.41, 5.74) is 6.71.